The van der Waals surface area contributed by atoms with E-state index >= 15 is 0 Å². The molecule has 2 aliphatic heterocycles. The zero-order valence-electron chi connectivity index (χ0n) is 17.8. The molecule has 2 aromatic rings. The van der Waals surface area contributed by atoms with Crippen molar-refractivity contribution in [2.45, 2.75) is 12.5 Å². The Hall–Kier alpha value is -3.33. The molecule has 2 aliphatic rings. The SMILES string of the molecule is CNC(=O)C1=C(OC)c2ncc(Cc3ccc(F)c(Cl)c3)c3c2N(C1)CC(C(=O)NC)O3. The molecule has 0 spiro atoms. The van der Waals surface area contributed by atoms with E-state index in [4.69, 9.17) is 21.1 Å². The second-order valence-electron chi connectivity index (χ2n) is 7.43. The minimum Gasteiger partial charge on any atom is -0.494 e. The molecule has 0 radical (unpaired) electrons. The summed E-state index contributed by atoms with van der Waals surface area (Å²) >= 11 is 5.94. The Morgan fingerprint density at radius 1 is 1.34 bits per heavy atom. The van der Waals surface area contributed by atoms with Gasteiger partial charge in [0.1, 0.15) is 17.2 Å². The second kappa shape index (κ2) is 8.66. The molecule has 1 aromatic carbocycles. The predicted molar refractivity (Wildman–Crippen MR) is 117 cm³/mol. The molecule has 0 aliphatic carbocycles. The monoisotopic (exact) mass is 460 g/mol. The average molecular weight is 461 g/mol. The summed E-state index contributed by atoms with van der Waals surface area (Å²) in [5.41, 5.74) is 2.99. The van der Waals surface area contributed by atoms with Gasteiger partial charge in [-0.1, -0.05) is 17.7 Å². The van der Waals surface area contributed by atoms with Crippen LogP contribution in [0.4, 0.5) is 10.1 Å². The molecule has 0 fully saturated rings. The van der Waals surface area contributed by atoms with Crippen LogP contribution in [0.1, 0.15) is 16.8 Å². The maximum Gasteiger partial charge on any atom is 0.262 e. The van der Waals surface area contributed by atoms with Gasteiger partial charge in [-0.25, -0.2) is 4.39 Å². The molecular formula is C22H22ClFN4O4. The van der Waals surface area contributed by atoms with Gasteiger partial charge in [0.2, 0.25) is 0 Å². The van der Waals surface area contributed by atoms with Crippen LogP contribution < -0.4 is 20.3 Å². The van der Waals surface area contributed by atoms with Gasteiger partial charge in [-0.05, 0) is 17.7 Å². The number of halogens is 2. The van der Waals surface area contributed by atoms with Crippen LogP contribution in [0.3, 0.4) is 0 Å². The van der Waals surface area contributed by atoms with Crippen molar-refractivity contribution in [1.29, 1.82) is 0 Å². The molecule has 0 saturated heterocycles. The minimum absolute atomic E-state index is 0.0210. The number of nitrogens with one attached hydrogen (secondary N) is 2. The summed E-state index contributed by atoms with van der Waals surface area (Å²) in [4.78, 5) is 31.4. The number of pyridine rings is 1. The molecule has 10 heteroatoms. The van der Waals surface area contributed by atoms with E-state index in [1.165, 1.54) is 20.2 Å². The van der Waals surface area contributed by atoms with Crippen LogP contribution in [0, 0.1) is 5.82 Å². The van der Waals surface area contributed by atoms with Crippen molar-refractivity contribution in [1.82, 2.24) is 15.6 Å². The molecule has 0 bridgehead atoms. The number of hydrogen-bond donors (Lipinski definition) is 2. The number of nitrogens with zero attached hydrogens (tertiary/aromatic N) is 2. The number of methoxy groups -OCH3 is 1. The highest BCUT2D eigenvalue weighted by atomic mass is 35.5. The van der Waals surface area contributed by atoms with Gasteiger partial charge in [0.25, 0.3) is 11.8 Å². The number of hydrogen-bond acceptors (Lipinski definition) is 6. The van der Waals surface area contributed by atoms with Crippen molar-refractivity contribution in [3.05, 3.63) is 57.6 Å². The van der Waals surface area contributed by atoms with Crippen LogP contribution in [-0.4, -0.2) is 57.2 Å². The Bertz CT molecular complexity index is 1140. The van der Waals surface area contributed by atoms with Gasteiger partial charge in [-0.2, -0.15) is 0 Å². The van der Waals surface area contributed by atoms with E-state index in [-0.39, 0.29) is 29.9 Å². The fraction of sp³-hybridized carbons (Fsp3) is 0.318. The van der Waals surface area contributed by atoms with Crippen molar-refractivity contribution >= 4 is 34.9 Å². The van der Waals surface area contributed by atoms with Crippen LogP contribution in [0.5, 0.6) is 5.75 Å². The molecule has 4 rings (SSSR count). The minimum atomic E-state index is -0.784. The molecule has 168 valence electrons. The quantitative estimate of drug-likeness (QED) is 0.708. The third kappa shape index (κ3) is 3.73. The van der Waals surface area contributed by atoms with Gasteiger partial charge in [0, 0.05) is 32.3 Å². The summed E-state index contributed by atoms with van der Waals surface area (Å²) in [6.45, 7) is 0.470. The van der Waals surface area contributed by atoms with Crippen LogP contribution >= 0.6 is 11.6 Å². The van der Waals surface area contributed by atoms with Gasteiger partial charge < -0.3 is 25.0 Å². The summed E-state index contributed by atoms with van der Waals surface area (Å²) in [6.07, 6.45) is 1.19. The van der Waals surface area contributed by atoms with E-state index in [1.807, 2.05) is 4.90 Å². The summed E-state index contributed by atoms with van der Waals surface area (Å²) in [5.74, 6) is -0.244. The Morgan fingerprint density at radius 2 is 2.12 bits per heavy atom. The molecule has 2 N–H and O–H groups in total. The first kappa shape index (κ1) is 21.9. The number of ether oxygens (including phenoxy) is 2. The number of amides is 2. The van der Waals surface area contributed by atoms with Crippen molar-refractivity contribution in [3.8, 4) is 5.75 Å². The van der Waals surface area contributed by atoms with E-state index in [0.29, 0.717) is 40.4 Å². The van der Waals surface area contributed by atoms with E-state index < -0.39 is 11.9 Å². The van der Waals surface area contributed by atoms with Gasteiger partial charge in [-0.15, -0.1) is 0 Å². The van der Waals surface area contributed by atoms with Crippen molar-refractivity contribution < 1.29 is 23.5 Å². The summed E-state index contributed by atoms with van der Waals surface area (Å²) in [7, 11) is 4.56. The number of rotatable bonds is 5. The number of carbonyl (C=O) groups is 2. The van der Waals surface area contributed by atoms with Crippen molar-refractivity contribution in [3.63, 3.8) is 0 Å². The van der Waals surface area contributed by atoms with E-state index in [1.54, 1.807) is 25.4 Å². The second-order valence-corrected chi connectivity index (χ2v) is 7.83. The van der Waals surface area contributed by atoms with Gasteiger partial charge in [0.15, 0.2) is 17.6 Å². The number of carbonyl (C=O) groups excluding carboxylic acids is 2. The Balaban J connectivity index is 1.85. The van der Waals surface area contributed by atoms with Crippen LogP contribution in [0.15, 0.2) is 30.0 Å². The third-order valence-electron chi connectivity index (χ3n) is 5.50. The highest BCUT2D eigenvalue weighted by Gasteiger charge is 2.40. The van der Waals surface area contributed by atoms with E-state index in [2.05, 4.69) is 15.6 Å². The summed E-state index contributed by atoms with van der Waals surface area (Å²) in [5, 5.41) is 5.25. The Morgan fingerprint density at radius 3 is 2.78 bits per heavy atom. The lowest BCUT2D eigenvalue weighted by atomic mass is 9.97. The third-order valence-corrected chi connectivity index (χ3v) is 5.79. The Kier molecular flexibility index (Phi) is 5.92. The average Bonchev–Trinajstić information content (AvgIpc) is 2.81. The lowest BCUT2D eigenvalue weighted by Gasteiger charge is -2.40. The zero-order chi connectivity index (χ0) is 23.0. The van der Waals surface area contributed by atoms with Crippen molar-refractivity contribution in [2.75, 3.05) is 39.2 Å². The van der Waals surface area contributed by atoms with Crippen LogP contribution in [-0.2, 0) is 20.7 Å². The molecule has 2 amide bonds. The maximum atomic E-state index is 13.6. The highest BCUT2D eigenvalue weighted by Crippen LogP contribution is 2.45. The topological polar surface area (TPSA) is 92.8 Å². The number of benzene rings is 1. The fourth-order valence-corrected chi connectivity index (χ4v) is 4.17. The normalized spacial score (nSPS) is 16.8. The Labute approximate surface area is 189 Å². The van der Waals surface area contributed by atoms with Crippen molar-refractivity contribution in [2.24, 2.45) is 0 Å². The molecular weight excluding hydrogens is 439 g/mol. The number of likely N-dealkylation sites (N-methyl/N-ethyl adjacent to an activating group) is 2. The smallest absolute Gasteiger partial charge is 0.262 e. The number of aromatic nitrogens is 1. The molecule has 3 heterocycles. The first-order chi connectivity index (χ1) is 15.4. The highest BCUT2D eigenvalue weighted by molar-refractivity contribution is 6.30. The summed E-state index contributed by atoms with van der Waals surface area (Å²) < 4.78 is 25.3. The molecule has 32 heavy (non-hydrogen) atoms. The molecule has 8 nitrogen and oxygen atoms in total. The molecule has 1 unspecified atom stereocenters. The maximum absolute atomic E-state index is 13.6. The van der Waals surface area contributed by atoms with Gasteiger partial charge >= 0.3 is 0 Å². The predicted octanol–water partition coefficient (Wildman–Crippen LogP) is 1.90. The van der Waals surface area contributed by atoms with E-state index in [0.717, 1.165) is 5.56 Å². The van der Waals surface area contributed by atoms with Gasteiger partial charge in [-0.3, -0.25) is 14.6 Å². The first-order valence-electron chi connectivity index (χ1n) is 9.96. The van der Waals surface area contributed by atoms with Crippen LogP contribution in [0.25, 0.3) is 5.76 Å². The number of anilines is 1. The largest absolute Gasteiger partial charge is 0.494 e. The molecule has 1 atom stereocenters. The summed E-state index contributed by atoms with van der Waals surface area (Å²) in [6, 6.07) is 4.48. The first-order valence-corrected chi connectivity index (χ1v) is 10.3. The fourth-order valence-electron chi connectivity index (χ4n) is 3.97. The molecule has 1 aromatic heterocycles. The van der Waals surface area contributed by atoms with E-state index in [9.17, 15) is 14.0 Å². The molecule has 0 saturated carbocycles. The lowest BCUT2D eigenvalue weighted by Crippen LogP contribution is -2.51. The zero-order valence-corrected chi connectivity index (χ0v) is 18.5. The standard InChI is InChI=1S/C22H22ClFN4O4/c1-25-21(29)13-9-28-10-16(22(30)26-2)32-19-12(6-11-4-5-15(24)14(23)7-11)8-27-17(18(19)28)20(13)31-3/h4-5,7-8,16H,6,9-10H2,1-3H3,(H,25,29)(H,26,30). The van der Waals surface area contributed by atoms with Crippen LogP contribution in [0.2, 0.25) is 5.02 Å². The lowest BCUT2D eigenvalue weighted by molar-refractivity contribution is -0.127. The van der Waals surface area contributed by atoms with Gasteiger partial charge in [0.05, 0.1) is 30.8 Å².